The molecule has 1 atom stereocenters. The van der Waals surface area contributed by atoms with Crippen molar-refractivity contribution in [3.63, 3.8) is 0 Å². The van der Waals surface area contributed by atoms with Crippen LogP contribution in [0.4, 0.5) is 13.2 Å². The van der Waals surface area contributed by atoms with Crippen LogP contribution in [0.25, 0.3) is 0 Å². The first-order valence-electron chi connectivity index (χ1n) is 6.84. The van der Waals surface area contributed by atoms with Crippen molar-refractivity contribution in [2.75, 3.05) is 24.7 Å². The normalized spacial score (nSPS) is 20.2. The van der Waals surface area contributed by atoms with Crippen molar-refractivity contribution in [2.45, 2.75) is 32.7 Å². The number of halogens is 3. The smallest absolute Gasteiger partial charge is 0.369 e. The summed E-state index contributed by atoms with van der Waals surface area (Å²) >= 11 is 2.80. The summed E-state index contributed by atoms with van der Waals surface area (Å²) in [5.41, 5.74) is -0.766. The standard InChI is InChI=1S/C13H19F3N2OS2/c1-8(2)5-17-6-10-11(13(14,15)16)18-12(21-10)9-7-20-4-3-19-9/h8-9,17H,3-7H2,1-2H3. The zero-order valence-electron chi connectivity index (χ0n) is 12.0. The van der Waals surface area contributed by atoms with Gasteiger partial charge in [0.15, 0.2) is 5.69 Å². The fraction of sp³-hybridized carbons (Fsp3) is 0.769. The van der Waals surface area contributed by atoms with Crippen molar-refractivity contribution >= 4 is 23.1 Å². The van der Waals surface area contributed by atoms with E-state index in [2.05, 4.69) is 10.3 Å². The van der Waals surface area contributed by atoms with Crippen LogP contribution in [0, 0.1) is 5.92 Å². The van der Waals surface area contributed by atoms with Gasteiger partial charge in [0.25, 0.3) is 0 Å². The molecule has 0 amide bonds. The van der Waals surface area contributed by atoms with Gasteiger partial charge in [0.1, 0.15) is 11.1 Å². The van der Waals surface area contributed by atoms with Gasteiger partial charge in [0.05, 0.1) is 11.5 Å². The molecule has 1 fully saturated rings. The molecule has 1 aromatic heterocycles. The van der Waals surface area contributed by atoms with Crippen LogP contribution in [-0.2, 0) is 17.5 Å². The van der Waals surface area contributed by atoms with Gasteiger partial charge >= 0.3 is 6.18 Å². The third kappa shape index (κ3) is 4.84. The predicted molar refractivity (Wildman–Crippen MR) is 79.7 cm³/mol. The molecule has 2 rings (SSSR count). The van der Waals surface area contributed by atoms with Crippen molar-refractivity contribution in [1.82, 2.24) is 10.3 Å². The highest BCUT2D eigenvalue weighted by Crippen LogP contribution is 2.38. The second-order valence-electron chi connectivity index (χ2n) is 5.28. The first-order valence-corrected chi connectivity index (χ1v) is 8.82. The maximum atomic E-state index is 13.1. The lowest BCUT2D eigenvalue weighted by Crippen LogP contribution is -2.20. The maximum Gasteiger partial charge on any atom is 0.434 e. The largest absolute Gasteiger partial charge is 0.434 e. The van der Waals surface area contributed by atoms with E-state index in [1.165, 1.54) is 0 Å². The number of thiazole rings is 1. The van der Waals surface area contributed by atoms with Crippen LogP contribution in [0.1, 0.15) is 35.5 Å². The van der Waals surface area contributed by atoms with Gasteiger partial charge in [-0.15, -0.1) is 11.3 Å². The SMILES string of the molecule is CC(C)CNCc1sc(C2CSCCO2)nc1C(F)(F)F. The second-order valence-corrected chi connectivity index (χ2v) is 7.55. The quantitative estimate of drug-likeness (QED) is 0.886. The summed E-state index contributed by atoms with van der Waals surface area (Å²) in [6, 6.07) is 0. The average Bonchev–Trinajstić information content (AvgIpc) is 2.83. The van der Waals surface area contributed by atoms with E-state index in [1.807, 2.05) is 13.8 Å². The molecular weight excluding hydrogens is 321 g/mol. The number of alkyl halides is 3. The fourth-order valence-electron chi connectivity index (χ4n) is 1.95. The van der Waals surface area contributed by atoms with Crippen LogP contribution >= 0.6 is 23.1 Å². The van der Waals surface area contributed by atoms with E-state index in [0.717, 1.165) is 17.1 Å². The molecule has 0 aliphatic carbocycles. The third-order valence-electron chi connectivity index (χ3n) is 2.91. The highest BCUT2D eigenvalue weighted by Gasteiger charge is 2.38. The molecule has 2 heterocycles. The minimum absolute atomic E-state index is 0.199. The molecule has 1 N–H and O–H groups in total. The summed E-state index contributed by atoms with van der Waals surface area (Å²) in [6.45, 7) is 5.48. The molecule has 1 aliphatic rings. The lowest BCUT2D eigenvalue weighted by atomic mass is 10.2. The average molecular weight is 340 g/mol. The molecule has 1 saturated heterocycles. The van der Waals surface area contributed by atoms with Crippen molar-refractivity contribution in [1.29, 1.82) is 0 Å². The Balaban J connectivity index is 2.14. The van der Waals surface area contributed by atoms with E-state index in [-0.39, 0.29) is 17.5 Å². The highest BCUT2D eigenvalue weighted by atomic mass is 32.2. The van der Waals surface area contributed by atoms with Crippen LogP contribution in [0.15, 0.2) is 0 Å². The predicted octanol–water partition coefficient (Wildman–Crippen LogP) is 3.71. The minimum atomic E-state index is -4.41. The molecule has 0 radical (unpaired) electrons. The summed E-state index contributed by atoms with van der Waals surface area (Å²) < 4.78 is 44.8. The molecule has 1 aromatic rings. The molecule has 0 bridgehead atoms. The Hall–Kier alpha value is -0.310. The van der Waals surface area contributed by atoms with Crippen LogP contribution in [0.5, 0.6) is 0 Å². The Morgan fingerprint density at radius 1 is 1.43 bits per heavy atom. The van der Waals surface area contributed by atoms with E-state index in [9.17, 15) is 13.2 Å². The van der Waals surface area contributed by atoms with Gasteiger partial charge < -0.3 is 10.1 Å². The first-order chi connectivity index (χ1) is 9.88. The van der Waals surface area contributed by atoms with Gasteiger partial charge in [0, 0.05) is 18.1 Å². The Kier molecular flexibility index (Phi) is 5.93. The number of hydrogen-bond acceptors (Lipinski definition) is 5. The summed E-state index contributed by atoms with van der Waals surface area (Å²) in [5, 5.41) is 3.49. The number of nitrogens with one attached hydrogen (secondary N) is 1. The van der Waals surface area contributed by atoms with E-state index < -0.39 is 11.9 Å². The Labute approximate surface area is 130 Å². The first kappa shape index (κ1) is 17.1. The summed E-state index contributed by atoms with van der Waals surface area (Å²) in [5.74, 6) is 1.95. The molecule has 1 aliphatic heterocycles. The van der Waals surface area contributed by atoms with Gasteiger partial charge in [-0.25, -0.2) is 4.98 Å². The monoisotopic (exact) mass is 340 g/mol. The van der Waals surface area contributed by atoms with Crippen LogP contribution < -0.4 is 5.32 Å². The maximum absolute atomic E-state index is 13.1. The highest BCUT2D eigenvalue weighted by molar-refractivity contribution is 7.99. The molecule has 120 valence electrons. The molecule has 0 spiro atoms. The number of thioether (sulfide) groups is 1. The summed E-state index contributed by atoms with van der Waals surface area (Å²) in [7, 11) is 0. The van der Waals surface area contributed by atoms with Crippen LogP contribution in [0.2, 0.25) is 0 Å². The molecule has 1 unspecified atom stereocenters. The van der Waals surface area contributed by atoms with Crippen molar-refractivity contribution in [3.05, 3.63) is 15.6 Å². The number of aromatic nitrogens is 1. The Morgan fingerprint density at radius 3 is 2.76 bits per heavy atom. The number of nitrogens with zero attached hydrogens (tertiary/aromatic N) is 1. The topological polar surface area (TPSA) is 34.1 Å². The zero-order valence-corrected chi connectivity index (χ0v) is 13.6. The second kappa shape index (κ2) is 7.30. The van der Waals surface area contributed by atoms with Gasteiger partial charge in [-0.05, 0) is 12.5 Å². The third-order valence-corrected chi connectivity index (χ3v) is 5.05. The fourth-order valence-corrected chi connectivity index (χ4v) is 4.01. The number of ether oxygens (including phenoxy) is 1. The lowest BCUT2D eigenvalue weighted by molar-refractivity contribution is -0.141. The minimum Gasteiger partial charge on any atom is -0.369 e. The molecular formula is C13H19F3N2OS2. The Morgan fingerprint density at radius 2 is 2.19 bits per heavy atom. The summed E-state index contributed by atoms with van der Waals surface area (Å²) in [4.78, 5) is 4.07. The van der Waals surface area contributed by atoms with Gasteiger partial charge in [-0.3, -0.25) is 0 Å². The van der Waals surface area contributed by atoms with Crippen molar-refractivity contribution < 1.29 is 17.9 Å². The molecule has 8 heteroatoms. The zero-order chi connectivity index (χ0) is 15.5. The number of hydrogen-bond donors (Lipinski definition) is 1. The van der Waals surface area contributed by atoms with Crippen molar-refractivity contribution in [3.8, 4) is 0 Å². The van der Waals surface area contributed by atoms with E-state index in [1.54, 1.807) is 11.8 Å². The summed E-state index contributed by atoms with van der Waals surface area (Å²) in [6.07, 6.45) is -4.72. The molecule has 0 saturated carbocycles. The molecule has 0 aromatic carbocycles. The van der Waals surface area contributed by atoms with Crippen LogP contribution in [-0.4, -0.2) is 29.6 Å². The van der Waals surface area contributed by atoms with Gasteiger partial charge in [-0.1, -0.05) is 13.8 Å². The lowest BCUT2D eigenvalue weighted by Gasteiger charge is -2.19. The Bertz CT molecular complexity index is 457. The molecule has 3 nitrogen and oxygen atoms in total. The van der Waals surface area contributed by atoms with Crippen molar-refractivity contribution in [2.24, 2.45) is 5.92 Å². The van der Waals surface area contributed by atoms with E-state index in [0.29, 0.717) is 29.8 Å². The number of rotatable bonds is 5. The van der Waals surface area contributed by atoms with E-state index >= 15 is 0 Å². The van der Waals surface area contributed by atoms with Crippen LogP contribution in [0.3, 0.4) is 0 Å². The molecule has 21 heavy (non-hydrogen) atoms. The van der Waals surface area contributed by atoms with Gasteiger partial charge in [0.2, 0.25) is 0 Å². The van der Waals surface area contributed by atoms with E-state index in [4.69, 9.17) is 4.74 Å². The van der Waals surface area contributed by atoms with Gasteiger partial charge in [-0.2, -0.15) is 24.9 Å².